The minimum atomic E-state index is -4.66. The molecule has 1 aliphatic rings. The maximum atomic E-state index is 13.4. The van der Waals surface area contributed by atoms with Crippen molar-refractivity contribution in [3.8, 4) is 0 Å². The van der Waals surface area contributed by atoms with Crippen LogP contribution in [0.15, 0.2) is 35.4 Å². The number of hydrogen-bond acceptors (Lipinski definition) is 7. The average Bonchev–Trinajstić information content (AvgIpc) is 2.61. The summed E-state index contributed by atoms with van der Waals surface area (Å²) in [5.41, 5.74) is -0.859. The third kappa shape index (κ3) is 5.10. The maximum Gasteiger partial charge on any atom is 0.421 e. The fourth-order valence-corrected chi connectivity index (χ4v) is 3.52. The van der Waals surface area contributed by atoms with Crippen molar-refractivity contribution >= 4 is 27.3 Å². The van der Waals surface area contributed by atoms with Gasteiger partial charge in [0.1, 0.15) is 11.4 Å². The molecular formula is C17H20F3N5O2S. The van der Waals surface area contributed by atoms with E-state index < -0.39 is 27.4 Å². The van der Waals surface area contributed by atoms with E-state index in [1.807, 2.05) is 0 Å². The molecule has 0 saturated carbocycles. The molecule has 11 heteroatoms. The van der Waals surface area contributed by atoms with Crippen molar-refractivity contribution in [3.05, 3.63) is 36.0 Å². The third-order valence-electron chi connectivity index (χ3n) is 4.25. The van der Waals surface area contributed by atoms with Crippen LogP contribution in [0.2, 0.25) is 0 Å². The van der Waals surface area contributed by atoms with Crippen molar-refractivity contribution in [1.82, 2.24) is 15.3 Å². The monoisotopic (exact) mass is 415 g/mol. The Hall–Kier alpha value is -2.40. The smallest absolute Gasteiger partial charge is 0.350 e. The van der Waals surface area contributed by atoms with E-state index in [0.29, 0.717) is 12.7 Å². The average molecular weight is 415 g/mol. The first kappa shape index (κ1) is 20.3. The fraction of sp³-hybridized carbons (Fsp3) is 0.412. The van der Waals surface area contributed by atoms with Gasteiger partial charge in [0.15, 0.2) is 9.84 Å². The Kier molecular flexibility index (Phi) is 5.75. The first-order chi connectivity index (χ1) is 13.1. The molecule has 28 heavy (non-hydrogen) atoms. The van der Waals surface area contributed by atoms with Gasteiger partial charge >= 0.3 is 6.18 Å². The van der Waals surface area contributed by atoms with Crippen LogP contribution in [0, 0.1) is 0 Å². The lowest BCUT2D eigenvalue weighted by Crippen LogP contribution is -2.38. The van der Waals surface area contributed by atoms with Crippen LogP contribution in [0.4, 0.5) is 30.6 Å². The van der Waals surface area contributed by atoms with Crippen LogP contribution in [0.5, 0.6) is 0 Å². The zero-order valence-corrected chi connectivity index (χ0v) is 15.9. The Morgan fingerprint density at radius 3 is 2.71 bits per heavy atom. The second-order valence-electron chi connectivity index (χ2n) is 6.57. The van der Waals surface area contributed by atoms with E-state index in [9.17, 15) is 21.6 Å². The second-order valence-corrected chi connectivity index (χ2v) is 8.58. The van der Waals surface area contributed by atoms with E-state index in [2.05, 4.69) is 25.9 Å². The maximum absolute atomic E-state index is 13.4. The van der Waals surface area contributed by atoms with Crippen LogP contribution < -0.4 is 16.0 Å². The van der Waals surface area contributed by atoms with E-state index in [1.54, 1.807) is 0 Å². The summed E-state index contributed by atoms with van der Waals surface area (Å²) in [6.07, 6.45) is -1.12. The molecule has 1 aromatic heterocycles. The van der Waals surface area contributed by atoms with E-state index in [0.717, 1.165) is 25.6 Å². The molecule has 0 amide bonds. The summed E-state index contributed by atoms with van der Waals surface area (Å²) >= 11 is 0. The van der Waals surface area contributed by atoms with Gasteiger partial charge in [-0.2, -0.15) is 18.2 Å². The highest BCUT2D eigenvalue weighted by molar-refractivity contribution is 7.90. The lowest BCUT2D eigenvalue weighted by molar-refractivity contribution is -0.137. The molecule has 1 aromatic carbocycles. The van der Waals surface area contributed by atoms with Crippen LogP contribution in [0.25, 0.3) is 0 Å². The van der Waals surface area contributed by atoms with Crippen molar-refractivity contribution in [2.24, 2.45) is 0 Å². The molecule has 3 rings (SSSR count). The van der Waals surface area contributed by atoms with Crippen molar-refractivity contribution in [2.45, 2.75) is 30.0 Å². The predicted octanol–water partition coefficient (Wildman–Crippen LogP) is 2.81. The summed E-state index contributed by atoms with van der Waals surface area (Å²) in [6, 6.07) is 5.56. The lowest BCUT2D eigenvalue weighted by Gasteiger charge is -2.24. The Morgan fingerprint density at radius 2 is 2.07 bits per heavy atom. The van der Waals surface area contributed by atoms with E-state index in [-0.39, 0.29) is 22.6 Å². The second kappa shape index (κ2) is 7.92. The molecule has 3 N–H and O–H groups in total. The van der Waals surface area contributed by atoms with Gasteiger partial charge in [-0.05, 0) is 37.6 Å². The number of sulfone groups is 1. The van der Waals surface area contributed by atoms with Crippen LogP contribution in [-0.2, 0) is 16.0 Å². The molecule has 1 atom stereocenters. The number of piperidine rings is 1. The molecule has 0 bridgehead atoms. The van der Waals surface area contributed by atoms with Crippen molar-refractivity contribution in [3.63, 3.8) is 0 Å². The van der Waals surface area contributed by atoms with Gasteiger partial charge in [-0.25, -0.2) is 13.4 Å². The van der Waals surface area contributed by atoms with Crippen LogP contribution in [-0.4, -0.2) is 43.8 Å². The zero-order chi connectivity index (χ0) is 20.4. The molecule has 7 nitrogen and oxygen atoms in total. The van der Waals surface area contributed by atoms with E-state index >= 15 is 0 Å². The number of benzene rings is 1. The molecule has 2 heterocycles. The van der Waals surface area contributed by atoms with Gasteiger partial charge in [-0.1, -0.05) is 6.07 Å². The topological polar surface area (TPSA) is 96.0 Å². The first-order valence-corrected chi connectivity index (χ1v) is 10.5. The van der Waals surface area contributed by atoms with Gasteiger partial charge < -0.3 is 16.0 Å². The Morgan fingerprint density at radius 1 is 1.29 bits per heavy atom. The summed E-state index contributed by atoms with van der Waals surface area (Å²) < 4.78 is 63.5. The number of anilines is 3. The molecule has 1 unspecified atom stereocenters. The number of rotatable bonds is 5. The molecule has 1 saturated heterocycles. The Balaban J connectivity index is 1.91. The normalized spacial score (nSPS) is 17.9. The van der Waals surface area contributed by atoms with Crippen LogP contribution in [0.3, 0.4) is 0 Å². The van der Waals surface area contributed by atoms with Gasteiger partial charge in [-0.3, -0.25) is 0 Å². The Labute approximate surface area is 160 Å². The molecule has 0 aliphatic carbocycles. The molecule has 152 valence electrons. The lowest BCUT2D eigenvalue weighted by atomic mass is 10.1. The SMILES string of the molecule is CS(=O)(=O)c1cccc(Nc2nc(NC3CCCNC3)ncc2C(F)(F)F)c1. The largest absolute Gasteiger partial charge is 0.421 e. The van der Waals surface area contributed by atoms with Gasteiger partial charge in [0.25, 0.3) is 0 Å². The third-order valence-corrected chi connectivity index (χ3v) is 5.36. The molecule has 2 aromatic rings. The summed E-state index contributed by atoms with van der Waals surface area (Å²) in [4.78, 5) is 7.77. The highest BCUT2D eigenvalue weighted by Crippen LogP contribution is 2.35. The Bertz CT molecular complexity index is 944. The molecule has 0 spiro atoms. The highest BCUT2D eigenvalue weighted by Gasteiger charge is 2.35. The number of alkyl halides is 3. The minimum Gasteiger partial charge on any atom is -0.350 e. The molecule has 1 fully saturated rings. The molecule has 1 aliphatic heterocycles. The van der Waals surface area contributed by atoms with Crippen LogP contribution in [0.1, 0.15) is 18.4 Å². The van der Waals surface area contributed by atoms with Gasteiger partial charge in [0, 0.05) is 30.7 Å². The number of nitrogens with one attached hydrogen (secondary N) is 3. The summed E-state index contributed by atoms with van der Waals surface area (Å²) in [5, 5.41) is 8.81. The van der Waals surface area contributed by atoms with Crippen molar-refractivity contribution < 1.29 is 21.6 Å². The predicted molar refractivity (Wildman–Crippen MR) is 99.4 cm³/mol. The quantitative estimate of drug-likeness (QED) is 0.691. The summed E-state index contributed by atoms with van der Waals surface area (Å²) in [5.74, 6) is -0.372. The van der Waals surface area contributed by atoms with E-state index in [4.69, 9.17) is 0 Å². The molecular weight excluding hydrogens is 395 g/mol. The van der Waals surface area contributed by atoms with Gasteiger partial charge in [0.2, 0.25) is 5.95 Å². The number of hydrogen-bond donors (Lipinski definition) is 3. The number of nitrogens with zero attached hydrogens (tertiary/aromatic N) is 2. The number of halogens is 3. The van der Waals surface area contributed by atoms with Crippen LogP contribution >= 0.6 is 0 Å². The highest BCUT2D eigenvalue weighted by atomic mass is 32.2. The van der Waals surface area contributed by atoms with Gasteiger partial charge in [0.05, 0.1) is 4.90 Å². The summed E-state index contributed by atoms with van der Waals surface area (Å²) in [6.45, 7) is 1.57. The van der Waals surface area contributed by atoms with Crippen molar-refractivity contribution in [2.75, 3.05) is 30.0 Å². The minimum absolute atomic E-state index is 0.00765. The van der Waals surface area contributed by atoms with Crippen molar-refractivity contribution in [1.29, 1.82) is 0 Å². The first-order valence-electron chi connectivity index (χ1n) is 8.61. The zero-order valence-electron chi connectivity index (χ0n) is 15.0. The fourth-order valence-electron chi connectivity index (χ4n) is 2.85. The van der Waals surface area contributed by atoms with E-state index in [1.165, 1.54) is 24.3 Å². The number of aromatic nitrogens is 2. The molecule has 0 radical (unpaired) electrons. The standard InChI is InChI=1S/C17H20F3N5O2S/c1-28(26,27)13-6-2-4-11(8-13)23-15-14(17(18,19)20)10-22-16(25-15)24-12-5-3-7-21-9-12/h2,4,6,8,10,12,21H,3,5,7,9H2,1H3,(H2,22,23,24,25). The van der Waals surface area contributed by atoms with Gasteiger partial charge in [-0.15, -0.1) is 0 Å². The summed E-state index contributed by atoms with van der Waals surface area (Å²) in [7, 11) is -3.50.